The Kier molecular flexibility index (Phi) is 6.43. The number of nitrogens with one attached hydrogen (secondary N) is 3. The minimum Gasteiger partial charge on any atom is -0.352 e. The molecule has 0 unspecified atom stereocenters. The van der Waals surface area contributed by atoms with Crippen LogP contribution in [-0.4, -0.2) is 42.9 Å². The molecule has 208 valence electrons. The van der Waals surface area contributed by atoms with Gasteiger partial charge in [0.05, 0.1) is 5.56 Å². The van der Waals surface area contributed by atoms with Gasteiger partial charge >= 0.3 is 0 Å². The molecule has 3 aromatic rings. The van der Waals surface area contributed by atoms with Gasteiger partial charge in [-0.1, -0.05) is 13.8 Å². The number of carbonyl (C=O) groups excluding carboxylic acids is 2. The van der Waals surface area contributed by atoms with Gasteiger partial charge in [-0.3, -0.25) is 18.8 Å². The number of nitrogens with zero attached hydrogens (tertiary/aromatic N) is 5. The van der Waals surface area contributed by atoms with E-state index in [4.69, 9.17) is 0 Å². The van der Waals surface area contributed by atoms with E-state index in [1.165, 1.54) is 22.1 Å². The molecule has 39 heavy (non-hydrogen) atoms. The third-order valence-electron chi connectivity index (χ3n) is 8.20. The third-order valence-corrected chi connectivity index (χ3v) is 9.41. The maximum absolute atomic E-state index is 13.5. The summed E-state index contributed by atoms with van der Waals surface area (Å²) in [5, 5.41) is 22.0. The SMILES string of the molecule is Cn1nc(C(F)F)cc1Nc1nncn1[C@H]1CCc2sc(NC(=O)C3CC3)c(C(=O)NC[C@@H]3CC3(C)C)c2C1. The number of aromatic nitrogens is 5. The lowest BCUT2D eigenvalue weighted by atomic mass is 9.91. The zero-order chi connectivity index (χ0) is 27.5. The molecular formula is C26H32F2N8O2S. The fraction of sp³-hybridized carbons (Fsp3) is 0.577. The van der Waals surface area contributed by atoms with Gasteiger partial charge in [-0.25, -0.2) is 8.78 Å². The normalized spacial score (nSPS) is 21.5. The molecule has 0 aliphatic heterocycles. The predicted molar refractivity (Wildman–Crippen MR) is 142 cm³/mol. The number of anilines is 3. The molecule has 2 atom stereocenters. The zero-order valence-corrected chi connectivity index (χ0v) is 22.9. The summed E-state index contributed by atoms with van der Waals surface area (Å²) in [6.45, 7) is 5.01. The molecule has 0 bridgehead atoms. The van der Waals surface area contributed by atoms with Crippen molar-refractivity contribution in [1.82, 2.24) is 29.9 Å². The molecule has 2 fully saturated rings. The first-order valence-corrected chi connectivity index (χ1v) is 14.1. The van der Waals surface area contributed by atoms with Crippen molar-refractivity contribution >= 4 is 39.9 Å². The molecule has 3 aromatic heterocycles. The van der Waals surface area contributed by atoms with Crippen LogP contribution in [0.15, 0.2) is 12.4 Å². The van der Waals surface area contributed by atoms with Crippen molar-refractivity contribution in [3.8, 4) is 0 Å². The lowest BCUT2D eigenvalue weighted by Gasteiger charge is -2.25. The summed E-state index contributed by atoms with van der Waals surface area (Å²) in [5.74, 6) is 1.09. The zero-order valence-electron chi connectivity index (χ0n) is 22.1. The lowest BCUT2D eigenvalue weighted by molar-refractivity contribution is -0.117. The van der Waals surface area contributed by atoms with E-state index >= 15 is 0 Å². The van der Waals surface area contributed by atoms with Crippen LogP contribution in [0.5, 0.6) is 0 Å². The summed E-state index contributed by atoms with van der Waals surface area (Å²) in [7, 11) is 1.58. The van der Waals surface area contributed by atoms with Crippen molar-refractivity contribution in [3.05, 3.63) is 34.1 Å². The van der Waals surface area contributed by atoms with Crippen molar-refractivity contribution in [3.63, 3.8) is 0 Å². The standard InChI is InChI=1S/C26H32F2N8O2S/c1-26(2)10-14(26)11-29-23(38)20-16-8-15(6-7-18(16)39-24(20)32-22(37)13-4-5-13)36-12-30-33-25(36)31-19-9-17(21(27)28)34-35(19)3/h9,12-15,21H,4-8,10-11H2,1-3H3,(H,29,38)(H,31,33)(H,32,37)/t14-,15-/m0/s1. The van der Waals surface area contributed by atoms with Gasteiger partial charge in [0.1, 0.15) is 22.8 Å². The van der Waals surface area contributed by atoms with Crippen molar-refractivity contribution < 1.29 is 18.4 Å². The third kappa shape index (κ3) is 5.15. The second-order valence-electron chi connectivity index (χ2n) is 11.5. The number of aryl methyl sites for hydroxylation is 2. The molecule has 13 heteroatoms. The molecule has 2 amide bonds. The lowest BCUT2D eigenvalue weighted by Crippen LogP contribution is -2.29. The van der Waals surface area contributed by atoms with Gasteiger partial charge in [0, 0.05) is 36.5 Å². The molecule has 10 nitrogen and oxygen atoms in total. The second-order valence-corrected chi connectivity index (χ2v) is 12.6. The predicted octanol–water partition coefficient (Wildman–Crippen LogP) is 4.61. The highest BCUT2D eigenvalue weighted by molar-refractivity contribution is 7.17. The molecular weight excluding hydrogens is 526 g/mol. The van der Waals surface area contributed by atoms with Crippen LogP contribution >= 0.6 is 11.3 Å². The van der Waals surface area contributed by atoms with Gasteiger partial charge in [-0.15, -0.1) is 21.5 Å². The van der Waals surface area contributed by atoms with Crippen LogP contribution in [0.2, 0.25) is 0 Å². The monoisotopic (exact) mass is 558 g/mol. The topological polar surface area (TPSA) is 119 Å². The highest BCUT2D eigenvalue weighted by atomic mass is 32.1. The Bertz CT molecular complexity index is 1420. The Balaban J connectivity index is 1.25. The Morgan fingerprint density at radius 3 is 2.69 bits per heavy atom. The summed E-state index contributed by atoms with van der Waals surface area (Å²) in [6.07, 6.45) is 3.86. The second kappa shape index (κ2) is 9.68. The molecule has 2 saturated carbocycles. The summed E-state index contributed by atoms with van der Waals surface area (Å²) >= 11 is 1.50. The van der Waals surface area contributed by atoms with Crippen LogP contribution in [-0.2, 0) is 24.7 Å². The van der Waals surface area contributed by atoms with Crippen LogP contribution in [0.3, 0.4) is 0 Å². The van der Waals surface area contributed by atoms with Crippen LogP contribution < -0.4 is 16.0 Å². The number of halogens is 2. The van der Waals surface area contributed by atoms with Gasteiger partial charge in [-0.2, -0.15) is 5.10 Å². The average Bonchev–Trinajstić information content (AvgIpc) is 3.67. The number of hydrogen-bond donors (Lipinski definition) is 3. The molecule has 3 heterocycles. The van der Waals surface area contributed by atoms with E-state index in [0.717, 1.165) is 42.5 Å². The highest BCUT2D eigenvalue weighted by Gasteiger charge is 2.45. The Morgan fingerprint density at radius 2 is 2.03 bits per heavy atom. The van der Waals surface area contributed by atoms with E-state index in [9.17, 15) is 18.4 Å². The Hall–Kier alpha value is -3.35. The molecule has 0 radical (unpaired) electrons. The number of thiophene rings is 1. The van der Waals surface area contributed by atoms with E-state index in [1.54, 1.807) is 13.4 Å². The number of rotatable bonds is 9. The maximum Gasteiger partial charge on any atom is 0.282 e. The van der Waals surface area contributed by atoms with Crippen LogP contribution in [0, 0.1) is 17.3 Å². The minimum atomic E-state index is -2.68. The number of fused-ring (bicyclic) bond motifs is 1. The average molecular weight is 559 g/mol. The number of carbonyl (C=O) groups is 2. The van der Waals surface area contributed by atoms with Crippen molar-refractivity contribution in [2.24, 2.45) is 24.3 Å². The fourth-order valence-electron chi connectivity index (χ4n) is 5.35. The molecule has 0 saturated heterocycles. The first kappa shape index (κ1) is 25.9. The summed E-state index contributed by atoms with van der Waals surface area (Å²) in [4.78, 5) is 27.3. The van der Waals surface area contributed by atoms with Gasteiger partial charge in [0.15, 0.2) is 0 Å². The molecule has 3 aliphatic rings. The molecule has 6 rings (SSSR count). The molecule has 0 aromatic carbocycles. The van der Waals surface area contributed by atoms with Crippen molar-refractivity contribution in [2.45, 2.75) is 64.8 Å². The summed E-state index contributed by atoms with van der Waals surface area (Å²) in [6, 6.07) is 1.23. The highest BCUT2D eigenvalue weighted by Crippen LogP contribution is 2.51. The Labute approximate surface area is 228 Å². The largest absolute Gasteiger partial charge is 0.352 e. The maximum atomic E-state index is 13.5. The van der Waals surface area contributed by atoms with Crippen molar-refractivity contribution in [2.75, 3.05) is 17.2 Å². The van der Waals surface area contributed by atoms with Gasteiger partial charge in [0.25, 0.3) is 12.3 Å². The summed E-state index contributed by atoms with van der Waals surface area (Å²) < 4.78 is 29.5. The quantitative estimate of drug-likeness (QED) is 0.353. The van der Waals surface area contributed by atoms with E-state index < -0.39 is 6.43 Å². The first-order chi connectivity index (χ1) is 18.6. The van der Waals surface area contributed by atoms with E-state index in [-0.39, 0.29) is 34.9 Å². The molecule has 0 spiro atoms. The van der Waals surface area contributed by atoms with E-state index in [0.29, 0.717) is 41.2 Å². The van der Waals surface area contributed by atoms with Gasteiger partial charge in [0.2, 0.25) is 11.9 Å². The molecule has 3 aliphatic carbocycles. The van der Waals surface area contributed by atoms with Gasteiger partial charge < -0.3 is 16.0 Å². The van der Waals surface area contributed by atoms with Crippen LogP contribution in [0.25, 0.3) is 0 Å². The van der Waals surface area contributed by atoms with Crippen LogP contribution in [0.4, 0.5) is 25.5 Å². The number of alkyl halides is 2. The van der Waals surface area contributed by atoms with Crippen LogP contribution in [0.1, 0.15) is 78.5 Å². The number of amides is 2. The van der Waals surface area contributed by atoms with Gasteiger partial charge in [-0.05, 0) is 55.4 Å². The summed E-state index contributed by atoms with van der Waals surface area (Å²) in [5.41, 5.74) is 1.42. The van der Waals surface area contributed by atoms with E-state index in [1.807, 2.05) is 4.57 Å². The van der Waals surface area contributed by atoms with E-state index in [2.05, 4.69) is 45.1 Å². The van der Waals surface area contributed by atoms with Crippen molar-refractivity contribution in [1.29, 1.82) is 0 Å². The number of hydrogen-bond acceptors (Lipinski definition) is 7. The molecule has 3 N–H and O–H groups in total. The Morgan fingerprint density at radius 1 is 1.26 bits per heavy atom. The minimum absolute atomic E-state index is 0.0211. The first-order valence-electron chi connectivity index (χ1n) is 13.3. The smallest absolute Gasteiger partial charge is 0.282 e. The fourth-order valence-corrected chi connectivity index (χ4v) is 6.59.